The normalized spacial score (nSPS) is 28.0. The van der Waals surface area contributed by atoms with Crippen LogP contribution in [0.4, 0.5) is 0 Å². The molecule has 1 N–H and O–H groups in total. The maximum atomic E-state index is 12.4. The van der Waals surface area contributed by atoms with Gasteiger partial charge < -0.3 is 14.8 Å². The Morgan fingerprint density at radius 3 is 2.59 bits per heavy atom. The fourth-order valence-electron chi connectivity index (χ4n) is 3.38. The lowest BCUT2D eigenvalue weighted by Gasteiger charge is -2.39. The van der Waals surface area contributed by atoms with E-state index in [1.54, 1.807) is 0 Å². The number of hydrogen-bond donors (Lipinski definition) is 1. The summed E-state index contributed by atoms with van der Waals surface area (Å²) >= 11 is 0. The van der Waals surface area contributed by atoms with Crippen molar-refractivity contribution in [2.45, 2.75) is 57.3 Å². The number of rotatable bonds is 4. The van der Waals surface area contributed by atoms with E-state index in [0.717, 1.165) is 37.7 Å². The molecule has 0 radical (unpaired) electrons. The quantitative estimate of drug-likeness (QED) is 0.930. The molecule has 0 spiro atoms. The summed E-state index contributed by atoms with van der Waals surface area (Å²) in [6.45, 7) is 3.52. The van der Waals surface area contributed by atoms with Gasteiger partial charge in [0.05, 0.1) is 25.4 Å². The van der Waals surface area contributed by atoms with Gasteiger partial charge in [-0.2, -0.15) is 0 Å². The lowest BCUT2D eigenvalue weighted by Crippen LogP contribution is -2.49. The highest BCUT2D eigenvalue weighted by molar-refractivity contribution is 5.94. The van der Waals surface area contributed by atoms with Crippen molar-refractivity contribution in [1.82, 2.24) is 5.32 Å². The number of carbonyl (C=O) groups is 1. The van der Waals surface area contributed by atoms with E-state index in [2.05, 4.69) is 12.2 Å². The molecule has 2 aliphatic rings. The third-order valence-corrected chi connectivity index (χ3v) is 4.57. The van der Waals surface area contributed by atoms with Gasteiger partial charge in [-0.25, -0.2) is 0 Å². The summed E-state index contributed by atoms with van der Waals surface area (Å²) in [5, 5.41) is 3.15. The minimum absolute atomic E-state index is 0.0169. The van der Waals surface area contributed by atoms with Gasteiger partial charge >= 0.3 is 0 Å². The molecule has 1 saturated heterocycles. The zero-order valence-electron chi connectivity index (χ0n) is 13.2. The van der Waals surface area contributed by atoms with Gasteiger partial charge in [-0.05, 0) is 43.4 Å². The molecule has 0 bridgehead atoms. The van der Waals surface area contributed by atoms with E-state index in [1.165, 1.54) is 5.56 Å². The molecule has 3 unspecified atom stereocenters. The van der Waals surface area contributed by atoms with E-state index < -0.39 is 0 Å². The van der Waals surface area contributed by atoms with E-state index in [4.69, 9.17) is 9.47 Å². The van der Waals surface area contributed by atoms with Crippen molar-refractivity contribution in [1.29, 1.82) is 0 Å². The second kappa shape index (κ2) is 7.25. The summed E-state index contributed by atoms with van der Waals surface area (Å²) in [6.07, 6.45) is 5.32. The Kier molecular flexibility index (Phi) is 5.11. The van der Waals surface area contributed by atoms with Crippen LogP contribution in [-0.4, -0.2) is 37.4 Å². The van der Waals surface area contributed by atoms with Crippen molar-refractivity contribution >= 4 is 5.91 Å². The first-order valence-electron chi connectivity index (χ1n) is 8.39. The smallest absolute Gasteiger partial charge is 0.251 e. The maximum Gasteiger partial charge on any atom is 0.251 e. The number of aryl methyl sites for hydroxylation is 1. The fourth-order valence-corrected chi connectivity index (χ4v) is 3.38. The minimum atomic E-state index is 0.0169. The number of fused-ring (bicyclic) bond motifs is 1. The van der Waals surface area contributed by atoms with Gasteiger partial charge in [0.1, 0.15) is 0 Å². The van der Waals surface area contributed by atoms with Gasteiger partial charge in [0.15, 0.2) is 0 Å². The lowest BCUT2D eigenvalue weighted by molar-refractivity contribution is -0.157. The van der Waals surface area contributed by atoms with Crippen LogP contribution in [0, 0.1) is 0 Å². The predicted molar refractivity (Wildman–Crippen MR) is 85.0 cm³/mol. The molecule has 2 fully saturated rings. The topological polar surface area (TPSA) is 47.6 Å². The molecule has 4 nitrogen and oxygen atoms in total. The standard InChI is InChI=1S/C18H25NO3/c1-2-3-13-4-6-14(7-5-13)18(20)19-15-8-9-16-17(12-15)22-11-10-21-16/h4-7,15-17H,2-3,8-12H2,1H3,(H,19,20). The van der Waals surface area contributed by atoms with Gasteiger partial charge in [-0.1, -0.05) is 25.5 Å². The van der Waals surface area contributed by atoms with Crippen LogP contribution in [0.3, 0.4) is 0 Å². The predicted octanol–water partition coefficient (Wildman–Crippen LogP) is 2.71. The van der Waals surface area contributed by atoms with Crippen LogP contribution in [0.25, 0.3) is 0 Å². The molecule has 1 amide bonds. The van der Waals surface area contributed by atoms with Gasteiger partial charge in [0.25, 0.3) is 5.91 Å². The van der Waals surface area contributed by atoms with Gasteiger partial charge in [-0.15, -0.1) is 0 Å². The molecule has 3 rings (SSSR count). The van der Waals surface area contributed by atoms with Crippen LogP contribution < -0.4 is 5.32 Å². The number of hydrogen-bond acceptors (Lipinski definition) is 3. The fraction of sp³-hybridized carbons (Fsp3) is 0.611. The van der Waals surface area contributed by atoms with Crippen molar-refractivity contribution in [3.63, 3.8) is 0 Å². The van der Waals surface area contributed by atoms with Crippen molar-refractivity contribution in [2.24, 2.45) is 0 Å². The maximum absolute atomic E-state index is 12.4. The Labute approximate surface area is 132 Å². The minimum Gasteiger partial charge on any atom is -0.373 e. The van der Waals surface area contributed by atoms with E-state index in [0.29, 0.717) is 13.2 Å². The highest BCUT2D eigenvalue weighted by Gasteiger charge is 2.34. The molecule has 0 aromatic heterocycles. The Morgan fingerprint density at radius 2 is 1.86 bits per heavy atom. The largest absolute Gasteiger partial charge is 0.373 e. The van der Waals surface area contributed by atoms with E-state index in [9.17, 15) is 4.79 Å². The Balaban J connectivity index is 1.55. The first-order chi connectivity index (χ1) is 10.8. The zero-order chi connectivity index (χ0) is 15.4. The van der Waals surface area contributed by atoms with Gasteiger partial charge in [0, 0.05) is 11.6 Å². The zero-order valence-corrected chi connectivity index (χ0v) is 13.2. The molecule has 1 aromatic rings. The number of amides is 1. The number of benzene rings is 1. The third-order valence-electron chi connectivity index (χ3n) is 4.57. The number of ether oxygens (including phenoxy) is 2. The van der Waals surface area contributed by atoms with Crippen LogP contribution in [0.5, 0.6) is 0 Å². The Morgan fingerprint density at radius 1 is 1.14 bits per heavy atom. The summed E-state index contributed by atoms with van der Waals surface area (Å²) in [4.78, 5) is 12.4. The molecule has 3 atom stereocenters. The average molecular weight is 303 g/mol. The summed E-state index contributed by atoms with van der Waals surface area (Å²) < 4.78 is 11.5. The first-order valence-corrected chi connectivity index (χ1v) is 8.39. The molecule has 22 heavy (non-hydrogen) atoms. The van der Waals surface area contributed by atoms with Gasteiger partial charge in [0.2, 0.25) is 0 Å². The van der Waals surface area contributed by atoms with Crippen LogP contribution >= 0.6 is 0 Å². The Bertz CT molecular complexity index is 500. The molecule has 4 heteroatoms. The molecule has 1 heterocycles. The van der Waals surface area contributed by atoms with Crippen molar-refractivity contribution in [2.75, 3.05) is 13.2 Å². The van der Waals surface area contributed by atoms with Crippen LogP contribution in [0.1, 0.15) is 48.5 Å². The average Bonchev–Trinajstić information content (AvgIpc) is 2.56. The highest BCUT2D eigenvalue weighted by Crippen LogP contribution is 2.27. The lowest BCUT2D eigenvalue weighted by atomic mass is 9.89. The number of carbonyl (C=O) groups excluding carboxylic acids is 1. The number of nitrogens with one attached hydrogen (secondary N) is 1. The molecular weight excluding hydrogens is 278 g/mol. The van der Waals surface area contributed by atoms with Crippen LogP contribution in [0.2, 0.25) is 0 Å². The summed E-state index contributed by atoms with van der Waals surface area (Å²) in [5.74, 6) is 0.0169. The second-order valence-corrected chi connectivity index (χ2v) is 6.25. The second-order valence-electron chi connectivity index (χ2n) is 6.25. The Hall–Kier alpha value is -1.39. The van der Waals surface area contributed by atoms with Crippen molar-refractivity contribution in [3.05, 3.63) is 35.4 Å². The summed E-state index contributed by atoms with van der Waals surface area (Å²) in [6, 6.07) is 8.13. The van der Waals surface area contributed by atoms with Crippen LogP contribution in [-0.2, 0) is 15.9 Å². The molecule has 1 aromatic carbocycles. The first kappa shape index (κ1) is 15.5. The molecule has 1 aliphatic heterocycles. The summed E-state index contributed by atoms with van der Waals surface area (Å²) in [7, 11) is 0. The monoisotopic (exact) mass is 303 g/mol. The highest BCUT2D eigenvalue weighted by atomic mass is 16.6. The van der Waals surface area contributed by atoms with Crippen molar-refractivity contribution in [3.8, 4) is 0 Å². The molecule has 1 aliphatic carbocycles. The van der Waals surface area contributed by atoms with E-state index in [1.807, 2.05) is 24.3 Å². The van der Waals surface area contributed by atoms with Crippen molar-refractivity contribution < 1.29 is 14.3 Å². The summed E-state index contributed by atoms with van der Waals surface area (Å²) in [5.41, 5.74) is 2.02. The van der Waals surface area contributed by atoms with Crippen LogP contribution in [0.15, 0.2) is 24.3 Å². The van der Waals surface area contributed by atoms with E-state index in [-0.39, 0.29) is 24.2 Å². The molecular formula is C18H25NO3. The molecule has 120 valence electrons. The van der Waals surface area contributed by atoms with Gasteiger partial charge in [-0.3, -0.25) is 4.79 Å². The van der Waals surface area contributed by atoms with E-state index >= 15 is 0 Å². The SMILES string of the molecule is CCCc1ccc(C(=O)NC2CCC3OCCOC3C2)cc1. The molecule has 1 saturated carbocycles. The third kappa shape index (κ3) is 3.68.